The lowest BCUT2D eigenvalue weighted by Crippen LogP contribution is -2.38. The van der Waals surface area contributed by atoms with Crippen molar-refractivity contribution in [2.45, 2.75) is 25.4 Å². The fraction of sp³-hybridized carbons (Fsp3) is 0.467. The van der Waals surface area contributed by atoms with Crippen LogP contribution >= 0.6 is 0 Å². The van der Waals surface area contributed by atoms with Gasteiger partial charge in [-0.2, -0.15) is 5.10 Å². The molecule has 0 aliphatic heterocycles. The molecule has 0 saturated carbocycles. The Morgan fingerprint density at radius 1 is 1.35 bits per heavy atom. The molecule has 5 nitrogen and oxygen atoms in total. The van der Waals surface area contributed by atoms with Crippen LogP contribution in [0.15, 0.2) is 36.9 Å². The van der Waals surface area contributed by atoms with Gasteiger partial charge in [0.05, 0.1) is 12.2 Å². The van der Waals surface area contributed by atoms with Crippen molar-refractivity contribution in [2.75, 3.05) is 13.6 Å². The molecule has 0 amide bonds. The van der Waals surface area contributed by atoms with Crippen molar-refractivity contribution >= 4 is 0 Å². The Balaban J connectivity index is 2.02. The zero-order valence-corrected chi connectivity index (χ0v) is 12.4. The first-order valence-corrected chi connectivity index (χ1v) is 6.91. The molecule has 2 heterocycles. The van der Waals surface area contributed by atoms with Gasteiger partial charge in [-0.3, -0.25) is 14.6 Å². The smallest absolute Gasteiger partial charge is 0.0538 e. The van der Waals surface area contributed by atoms with Crippen molar-refractivity contribution in [1.82, 2.24) is 19.7 Å². The first-order chi connectivity index (χ1) is 9.58. The Bertz CT molecular complexity index is 520. The summed E-state index contributed by atoms with van der Waals surface area (Å²) in [6.45, 7) is 2.99. The molecule has 108 valence electrons. The van der Waals surface area contributed by atoms with Crippen molar-refractivity contribution in [3.8, 4) is 0 Å². The molecule has 0 fully saturated rings. The first-order valence-electron chi connectivity index (χ1n) is 6.91. The quantitative estimate of drug-likeness (QED) is 0.864. The molecule has 0 aliphatic rings. The van der Waals surface area contributed by atoms with E-state index in [2.05, 4.69) is 34.2 Å². The van der Waals surface area contributed by atoms with Gasteiger partial charge in [-0.25, -0.2) is 0 Å². The minimum Gasteiger partial charge on any atom is -0.326 e. The summed E-state index contributed by atoms with van der Waals surface area (Å²) < 4.78 is 1.82. The highest BCUT2D eigenvalue weighted by molar-refractivity contribution is 5.14. The van der Waals surface area contributed by atoms with Crippen LogP contribution in [0.25, 0.3) is 0 Å². The van der Waals surface area contributed by atoms with Crippen LogP contribution in [0.5, 0.6) is 0 Å². The number of nitrogens with zero attached hydrogens (tertiary/aromatic N) is 4. The van der Waals surface area contributed by atoms with Gasteiger partial charge in [0.1, 0.15) is 0 Å². The zero-order valence-electron chi connectivity index (χ0n) is 12.4. The second-order valence-electron chi connectivity index (χ2n) is 5.34. The average molecular weight is 273 g/mol. The predicted molar refractivity (Wildman–Crippen MR) is 80.2 cm³/mol. The van der Waals surface area contributed by atoms with E-state index in [4.69, 9.17) is 5.73 Å². The lowest BCUT2D eigenvalue weighted by atomic mass is 10.0. The molecule has 2 rings (SSSR count). The third-order valence-electron chi connectivity index (χ3n) is 3.54. The Morgan fingerprint density at radius 3 is 2.60 bits per heavy atom. The molecule has 2 unspecified atom stereocenters. The maximum Gasteiger partial charge on any atom is 0.0538 e. The molecule has 20 heavy (non-hydrogen) atoms. The van der Waals surface area contributed by atoms with Crippen molar-refractivity contribution < 1.29 is 0 Å². The first kappa shape index (κ1) is 14.7. The van der Waals surface area contributed by atoms with Crippen LogP contribution in [-0.2, 0) is 13.5 Å². The Morgan fingerprint density at radius 2 is 2.05 bits per heavy atom. The molecule has 5 heteroatoms. The fourth-order valence-electron chi connectivity index (χ4n) is 2.55. The number of hydrogen-bond acceptors (Lipinski definition) is 4. The number of rotatable bonds is 6. The number of likely N-dealkylation sites (N-methyl/N-ethyl adjacent to an activating group) is 1. The summed E-state index contributed by atoms with van der Waals surface area (Å²) in [4.78, 5) is 6.34. The van der Waals surface area contributed by atoms with E-state index in [1.54, 1.807) is 0 Å². The van der Waals surface area contributed by atoms with Crippen molar-refractivity contribution in [2.24, 2.45) is 12.8 Å². The topological polar surface area (TPSA) is 60.0 Å². The zero-order chi connectivity index (χ0) is 14.5. The lowest BCUT2D eigenvalue weighted by molar-refractivity contribution is 0.221. The molecule has 2 aromatic rings. The van der Waals surface area contributed by atoms with Crippen molar-refractivity contribution in [3.05, 3.63) is 48.0 Å². The Labute approximate surface area is 120 Å². The number of aryl methyl sites for hydroxylation is 1. The lowest BCUT2D eigenvalue weighted by Gasteiger charge is -2.30. The summed E-state index contributed by atoms with van der Waals surface area (Å²) in [6.07, 6.45) is 8.59. The normalized spacial score (nSPS) is 14.4. The molecule has 0 aromatic carbocycles. The average Bonchev–Trinajstić information content (AvgIpc) is 2.83. The van der Waals surface area contributed by atoms with Gasteiger partial charge < -0.3 is 5.73 Å². The van der Waals surface area contributed by atoms with E-state index in [-0.39, 0.29) is 12.1 Å². The monoisotopic (exact) mass is 273 g/mol. The van der Waals surface area contributed by atoms with E-state index < -0.39 is 0 Å². The molecular weight excluding hydrogens is 250 g/mol. The molecule has 0 aliphatic carbocycles. The molecule has 0 spiro atoms. The SMILES string of the molecule is CC(N)C(c1cnn(C)c1)N(C)CCc1ccncc1. The van der Waals surface area contributed by atoms with Gasteiger partial charge in [0.2, 0.25) is 0 Å². The third kappa shape index (κ3) is 3.65. The molecule has 0 saturated heterocycles. The van der Waals surface area contributed by atoms with Crippen molar-refractivity contribution in [3.63, 3.8) is 0 Å². The van der Waals surface area contributed by atoms with Gasteiger partial charge in [0, 0.05) is 43.8 Å². The van der Waals surface area contributed by atoms with Crippen LogP contribution in [0.2, 0.25) is 0 Å². The third-order valence-corrected chi connectivity index (χ3v) is 3.54. The van der Waals surface area contributed by atoms with Crippen LogP contribution in [0.3, 0.4) is 0 Å². The van der Waals surface area contributed by atoms with E-state index in [1.165, 1.54) is 11.1 Å². The van der Waals surface area contributed by atoms with Crippen LogP contribution in [0, 0.1) is 0 Å². The minimum absolute atomic E-state index is 0.0571. The number of hydrogen-bond donors (Lipinski definition) is 1. The summed E-state index contributed by atoms with van der Waals surface area (Å²) in [7, 11) is 4.04. The summed E-state index contributed by atoms with van der Waals surface area (Å²) in [6, 6.07) is 4.35. The molecule has 0 bridgehead atoms. The molecule has 2 atom stereocenters. The van der Waals surface area contributed by atoms with Gasteiger partial charge >= 0.3 is 0 Å². The van der Waals surface area contributed by atoms with Crippen LogP contribution in [0.1, 0.15) is 24.1 Å². The fourth-order valence-corrected chi connectivity index (χ4v) is 2.55. The largest absolute Gasteiger partial charge is 0.326 e. The molecular formula is C15H23N5. The Hall–Kier alpha value is -1.72. The van der Waals surface area contributed by atoms with Gasteiger partial charge in [-0.05, 0) is 38.1 Å². The maximum atomic E-state index is 6.16. The van der Waals surface area contributed by atoms with Crippen LogP contribution in [0.4, 0.5) is 0 Å². The van der Waals surface area contributed by atoms with E-state index in [9.17, 15) is 0 Å². The standard InChI is InChI=1S/C15H23N5/c1-12(16)15(14-10-18-20(3)11-14)19(2)9-6-13-4-7-17-8-5-13/h4-5,7-8,10-12,15H,6,9,16H2,1-3H3. The Kier molecular flexibility index (Phi) is 4.87. The summed E-state index contributed by atoms with van der Waals surface area (Å²) in [5.41, 5.74) is 8.62. The van der Waals surface area contributed by atoms with Gasteiger partial charge in [-0.15, -0.1) is 0 Å². The summed E-state index contributed by atoms with van der Waals surface area (Å²) >= 11 is 0. The van der Waals surface area contributed by atoms with Crippen LogP contribution < -0.4 is 5.73 Å². The van der Waals surface area contributed by atoms with Gasteiger partial charge in [0.15, 0.2) is 0 Å². The molecule has 2 aromatic heterocycles. The molecule has 0 radical (unpaired) electrons. The highest BCUT2D eigenvalue weighted by atomic mass is 15.2. The number of pyridine rings is 1. The minimum atomic E-state index is 0.0571. The van der Waals surface area contributed by atoms with Gasteiger partial charge in [0.25, 0.3) is 0 Å². The molecule has 2 N–H and O–H groups in total. The van der Waals surface area contributed by atoms with Crippen LogP contribution in [-0.4, -0.2) is 39.3 Å². The predicted octanol–water partition coefficient (Wildman–Crippen LogP) is 1.38. The highest BCUT2D eigenvalue weighted by Gasteiger charge is 2.22. The summed E-state index contributed by atoms with van der Waals surface area (Å²) in [5.74, 6) is 0. The van der Waals surface area contributed by atoms with E-state index in [0.29, 0.717) is 0 Å². The second-order valence-corrected chi connectivity index (χ2v) is 5.34. The van der Waals surface area contributed by atoms with Crippen molar-refractivity contribution in [1.29, 1.82) is 0 Å². The number of nitrogens with two attached hydrogens (primary N) is 1. The number of aromatic nitrogens is 3. The maximum absolute atomic E-state index is 6.16. The highest BCUT2D eigenvalue weighted by Crippen LogP contribution is 2.21. The van der Waals surface area contributed by atoms with E-state index in [1.807, 2.05) is 43.4 Å². The summed E-state index contributed by atoms with van der Waals surface area (Å²) in [5, 5.41) is 4.25. The van der Waals surface area contributed by atoms with E-state index >= 15 is 0 Å². The second kappa shape index (κ2) is 6.63. The van der Waals surface area contributed by atoms with E-state index in [0.717, 1.165) is 13.0 Å². The van der Waals surface area contributed by atoms with Gasteiger partial charge in [-0.1, -0.05) is 0 Å².